The maximum atomic E-state index is 12.4. The molecule has 2 aromatic rings. The molecule has 0 amide bonds. The number of halogens is 3. The van der Waals surface area contributed by atoms with Gasteiger partial charge in [-0.25, -0.2) is 4.98 Å². The fraction of sp³-hybridized carbons (Fsp3) is 0.474. The van der Waals surface area contributed by atoms with Gasteiger partial charge in [0.15, 0.2) is 0 Å². The molecule has 8 heteroatoms. The maximum absolute atomic E-state index is 12.4. The second-order valence-corrected chi connectivity index (χ2v) is 7.10. The van der Waals surface area contributed by atoms with Crippen molar-refractivity contribution < 1.29 is 17.9 Å². The van der Waals surface area contributed by atoms with Gasteiger partial charge in [-0.15, -0.1) is 13.2 Å². The van der Waals surface area contributed by atoms with Gasteiger partial charge in [-0.1, -0.05) is 18.9 Å². The summed E-state index contributed by atoms with van der Waals surface area (Å²) in [5.74, 6) is 1.32. The standard InChI is InChI=1S/C19H21F3N4O/c20-19(21,22)27-15-7-3-6-14(10-15)23-17-11-16(12-8-9-12)25-18(26-17)24-13-4-1-2-5-13/h3,6-7,10-13H,1-2,4-5,8-9H2,(H2,23,24,25,26). The maximum Gasteiger partial charge on any atom is 0.573 e. The number of anilines is 3. The molecule has 144 valence electrons. The average Bonchev–Trinajstić information content (AvgIpc) is 3.32. The van der Waals surface area contributed by atoms with Crippen LogP contribution in [0.5, 0.6) is 5.75 Å². The Balaban J connectivity index is 1.54. The molecule has 0 atom stereocenters. The van der Waals surface area contributed by atoms with Gasteiger partial charge in [0, 0.05) is 29.8 Å². The number of nitrogens with zero attached hydrogens (tertiary/aromatic N) is 2. The molecular formula is C19H21F3N4O. The molecule has 0 aliphatic heterocycles. The van der Waals surface area contributed by atoms with Gasteiger partial charge < -0.3 is 15.4 Å². The molecule has 1 heterocycles. The highest BCUT2D eigenvalue weighted by Crippen LogP contribution is 2.40. The Kier molecular flexibility index (Phi) is 4.80. The Hall–Kier alpha value is -2.51. The Morgan fingerprint density at radius 3 is 2.48 bits per heavy atom. The lowest BCUT2D eigenvalue weighted by molar-refractivity contribution is -0.274. The highest BCUT2D eigenvalue weighted by molar-refractivity contribution is 5.60. The number of aromatic nitrogens is 2. The molecular weight excluding hydrogens is 357 g/mol. The third-order valence-corrected chi connectivity index (χ3v) is 4.77. The topological polar surface area (TPSA) is 59.1 Å². The number of nitrogens with one attached hydrogen (secondary N) is 2. The van der Waals surface area contributed by atoms with Crippen LogP contribution >= 0.6 is 0 Å². The van der Waals surface area contributed by atoms with Crippen molar-refractivity contribution in [1.29, 1.82) is 0 Å². The van der Waals surface area contributed by atoms with Crippen molar-refractivity contribution in [1.82, 2.24) is 9.97 Å². The quantitative estimate of drug-likeness (QED) is 0.709. The second kappa shape index (κ2) is 7.25. The molecule has 0 saturated heterocycles. The van der Waals surface area contributed by atoms with Crippen LogP contribution in [-0.4, -0.2) is 22.4 Å². The number of rotatable bonds is 6. The fourth-order valence-electron chi connectivity index (χ4n) is 3.35. The van der Waals surface area contributed by atoms with Gasteiger partial charge in [0.2, 0.25) is 5.95 Å². The number of hydrogen-bond donors (Lipinski definition) is 2. The molecule has 1 aromatic carbocycles. The van der Waals surface area contributed by atoms with Crippen LogP contribution in [0, 0.1) is 0 Å². The minimum Gasteiger partial charge on any atom is -0.406 e. The largest absolute Gasteiger partial charge is 0.573 e. The van der Waals surface area contributed by atoms with E-state index in [0.717, 1.165) is 31.4 Å². The molecule has 2 N–H and O–H groups in total. The minimum atomic E-state index is -4.72. The third-order valence-electron chi connectivity index (χ3n) is 4.77. The summed E-state index contributed by atoms with van der Waals surface area (Å²) < 4.78 is 41.3. The summed E-state index contributed by atoms with van der Waals surface area (Å²) >= 11 is 0. The molecule has 2 aliphatic carbocycles. The van der Waals surface area contributed by atoms with E-state index in [1.54, 1.807) is 6.07 Å². The lowest BCUT2D eigenvalue weighted by Crippen LogP contribution is -2.17. The highest BCUT2D eigenvalue weighted by Gasteiger charge is 2.31. The predicted molar refractivity (Wildman–Crippen MR) is 96.3 cm³/mol. The van der Waals surface area contributed by atoms with E-state index in [0.29, 0.717) is 29.4 Å². The molecule has 2 fully saturated rings. The zero-order valence-corrected chi connectivity index (χ0v) is 14.7. The van der Waals surface area contributed by atoms with E-state index >= 15 is 0 Å². The van der Waals surface area contributed by atoms with Crippen LogP contribution in [0.25, 0.3) is 0 Å². The van der Waals surface area contributed by atoms with Crippen molar-refractivity contribution in [2.24, 2.45) is 0 Å². The molecule has 2 saturated carbocycles. The molecule has 0 unspecified atom stereocenters. The van der Waals surface area contributed by atoms with Crippen molar-refractivity contribution in [3.8, 4) is 5.75 Å². The average molecular weight is 378 g/mol. The molecule has 2 aliphatic rings. The third kappa shape index (κ3) is 5.02. The Morgan fingerprint density at radius 1 is 1.00 bits per heavy atom. The molecule has 0 spiro atoms. The van der Waals surface area contributed by atoms with Crippen LogP contribution < -0.4 is 15.4 Å². The van der Waals surface area contributed by atoms with Crippen molar-refractivity contribution in [2.45, 2.75) is 56.8 Å². The van der Waals surface area contributed by atoms with E-state index in [2.05, 4.69) is 25.3 Å². The summed E-state index contributed by atoms with van der Waals surface area (Å²) in [5, 5.41) is 6.48. The molecule has 1 aromatic heterocycles. The van der Waals surface area contributed by atoms with Crippen LogP contribution in [0.2, 0.25) is 0 Å². The smallest absolute Gasteiger partial charge is 0.406 e. The van der Waals surface area contributed by atoms with E-state index in [4.69, 9.17) is 0 Å². The number of alkyl halides is 3. The summed E-state index contributed by atoms with van der Waals surface area (Å²) in [4.78, 5) is 9.14. The Labute approximate surface area is 155 Å². The van der Waals surface area contributed by atoms with E-state index in [9.17, 15) is 13.2 Å². The molecule has 27 heavy (non-hydrogen) atoms. The predicted octanol–water partition coefficient (Wildman–Crippen LogP) is 5.35. The van der Waals surface area contributed by atoms with E-state index < -0.39 is 6.36 Å². The SMILES string of the molecule is FC(F)(F)Oc1cccc(Nc2cc(C3CC3)nc(NC3CCCC3)n2)c1. The summed E-state index contributed by atoms with van der Waals surface area (Å²) in [7, 11) is 0. The van der Waals surface area contributed by atoms with Gasteiger partial charge in [0.05, 0.1) is 5.69 Å². The lowest BCUT2D eigenvalue weighted by atomic mass is 10.2. The zero-order valence-electron chi connectivity index (χ0n) is 14.7. The van der Waals surface area contributed by atoms with E-state index in [1.807, 2.05) is 6.07 Å². The molecule has 0 bridgehead atoms. The van der Waals surface area contributed by atoms with Crippen LogP contribution in [0.3, 0.4) is 0 Å². The first kappa shape index (κ1) is 17.9. The van der Waals surface area contributed by atoms with E-state index in [1.165, 1.54) is 31.0 Å². The normalized spacial score (nSPS) is 17.7. The van der Waals surface area contributed by atoms with Gasteiger partial charge in [-0.2, -0.15) is 4.98 Å². The minimum absolute atomic E-state index is 0.270. The first-order chi connectivity index (χ1) is 12.9. The Bertz CT molecular complexity index is 802. The number of ether oxygens (including phenoxy) is 1. The highest BCUT2D eigenvalue weighted by atomic mass is 19.4. The number of hydrogen-bond acceptors (Lipinski definition) is 5. The lowest BCUT2D eigenvalue weighted by Gasteiger charge is -2.15. The van der Waals surface area contributed by atoms with Crippen molar-refractivity contribution in [3.05, 3.63) is 36.0 Å². The van der Waals surface area contributed by atoms with Crippen molar-refractivity contribution in [3.63, 3.8) is 0 Å². The van der Waals surface area contributed by atoms with Crippen molar-refractivity contribution in [2.75, 3.05) is 10.6 Å². The van der Waals surface area contributed by atoms with Crippen LogP contribution in [0.4, 0.5) is 30.6 Å². The van der Waals surface area contributed by atoms with Crippen molar-refractivity contribution >= 4 is 17.5 Å². The summed E-state index contributed by atoms with van der Waals surface area (Å²) in [6.45, 7) is 0. The summed E-state index contributed by atoms with van der Waals surface area (Å²) in [5.41, 5.74) is 1.44. The summed E-state index contributed by atoms with van der Waals surface area (Å²) in [6.07, 6.45) is 2.12. The first-order valence-electron chi connectivity index (χ1n) is 9.23. The second-order valence-electron chi connectivity index (χ2n) is 7.10. The van der Waals surface area contributed by atoms with E-state index in [-0.39, 0.29) is 5.75 Å². The van der Waals surface area contributed by atoms with Gasteiger partial charge in [0.1, 0.15) is 11.6 Å². The molecule has 4 rings (SSSR count). The van der Waals surface area contributed by atoms with Gasteiger partial charge in [-0.05, 0) is 37.8 Å². The number of benzene rings is 1. The fourth-order valence-corrected chi connectivity index (χ4v) is 3.35. The zero-order chi connectivity index (χ0) is 18.9. The Morgan fingerprint density at radius 2 is 1.78 bits per heavy atom. The van der Waals surface area contributed by atoms with Gasteiger partial charge in [0.25, 0.3) is 0 Å². The summed E-state index contributed by atoms with van der Waals surface area (Å²) in [6, 6.07) is 8.00. The van der Waals surface area contributed by atoms with Crippen LogP contribution in [-0.2, 0) is 0 Å². The van der Waals surface area contributed by atoms with Crippen LogP contribution in [0.15, 0.2) is 30.3 Å². The van der Waals surface area contributed by atoms with Gasteiger partial charge in [-0.3, -0.25) is 0 Å². The van der Waals surface area contributed by atoms with Gasteiger partial charge >= 0.3 is 6.36 Å². The molecule has 5 nitrogen and oxygen atoms in total. The molecule has 0 radical (unpaired) electrons. The monoisotopic (exact) mass is 378 g/mol. The first-order valence-corrected chi connectivity index (χ1v) is 9.23. The van der Waals surface area contributed by atoms with Crippen LogP contribution in [0.1, 0.15) is 50.1 Å².